The molecular formula is C12H21N3OS. The highest BCUT2D eigenvalue weighted by Gasteiger charge is 2.02. The molecule has 96 valence electrons. The zero-order chi connectivity index (χ0) is 12.5. The zero-order valence-electron chi connectivity index (χ0n) is 10.3. The van der Waals surface area contributed by atoms with Gasteiger partial charge in [0.15, 0.2) is 0 Å². The van der Waals surface area contributed by atoms with Gasteiger partial charge in [0.05, 0.1) is 0 Å². The van der Waals surface area contributed by atoms with E-state index in [0.717, 1.165) is 32.4 Å². The van der Waals surface area contributed by atoms with Crippen molar-refractivity contribution < 1.29 is 4.79 Å². The molecule has 0 aliphatic carbocycles. The number of nitrogens with one attached hydrogen (secondary N) is 1. The number of nitrogens with zero attached hydrogens (tertiary/aromatic N) is 1. The van der Waals surface area contributed by atoms with Gasteiger partial charge in [0.1, 0.15) is 0 Å². The highest BCUT2D eigenvalue weighted by molar-refractivity contribution is 7.09. The Morgan fingerprint density at radius 3 is 2.94 bits per heavy atom. The minimum atomic E-state index is -0.0776. The first kappa shape index (κ1) is 14.2. The largest absolute Gasteiger partial charge is 0.306 e. The lowest BCUT2D eigenvalue weighted by atomic mass is 10.2. The Kier molecular flexibility index (Phi) is 6.84. The molecule has 3 N–H and O–H groups in total. The van der Waals surface area contributed by atoms with Crippen molar-refractivity contribution in [1.82, 2.24) is 10.3 Å². The smallest absolute Gasteiger partial charge is 0.233 e. The van der Waals surface area contributed by atoms with Crippen LogP contribution in [0.5, 0.6) is 0 Å². The summed E-state index contributed by atoms with van der Waals surface area (Å²) in [7, 11) is 2.12. The van der Waals surface area contributed by atoms with Gasteiger partial charge in [0.25, 0.3) is 0 Å². The van der Waals surface area contributed by atoms with Gasteiger partial charge in [-0.1, -0.05) is 6.07 Å². The van der Waals surface area contributed by atoms with E-state index in [4.69, 9.17) is 5.84 Å². The summed E-state index contributed by atoms with van der Waals surface area (Å²) in [6, 6.07) is 4.26. The SMILES string of the molecule is CN(CCCCC(=O)NN)CCc1cccs1. The summed E-state index contributed by atoms with van der Waals surface area (Å²) in [6.07, 6.45) is 3.56. The summed E-state index contributed by atoms with van der Waals surface area (Å²) in [6.45, 7) is 2.10. The molecule has 1 heterocycles. The van der Waals surface area contributed by atoms with Crippen molar-refractivity contribution in [3.63, 3.8) is 0 Å². The van der Waals surface area contributed by atoms with Crippen LogP contribution in [0.4, 0.5) is 0 Å². The van der Waals surface area contributed by atoms with E-state index < -0.39 is 0 Å². The first-order valence-electron chi connectivity index (χ1n) is 5.92. The van der Waals surface area contributed by atoms with Crippen LogP contribution in [0.2, 0.25) is 0 Å². The molecular weight excluding hydrogens is 234 g/mol. The molecule has 0 fully saturated rings. The van der Waals surface area contributed by atoms with Crippen LogP contribution in [0, 0.1) is 0 Å². The van der Waals surface area contributed by atoms with Crippen LogP contribution in [-0.4, -0.2) is 30.9 Å². The molecule has 17 heavy (non-hydrogen) atoms. The van der Waals surface area contributed by atoms with Gasteiger partial charge in [0, 0.05) is 17.8 Å². The Labute approximate surface area is 107 Å². The van der Waals surface area contributed by atoms with Crippen LogP contribution in [0.25, 0.3) is 0 Å². The van der Waals surface area contributed by atoms with Gasteiger partial charge in [-0.05, 0) is 44.3 Å². The topological polar surface area (TPSA) is 58.4 Å². The van der Waals surface area contributed by atoms with Gasteiger partial charge in [-0.3, -0.25) is 10.2 Å². The van der Waals surface area contributed by atoms with Crippen molar-refractivity contribution in [2.24, 2.45) is 5.84 Å². The lowest BCUT2D eigenvalue weighted by Gasteiger charge is -2.15. The third kappa shape index (κ3) is 6.41. The number of thiophene rings is 1. The molecule has 0 saturated carbocycles. The summed E-state index contributed by atoms with van der Waals surface area (Å²) in [4.78, 5) is 14.6. The van der Waals surface area contributed by atoms with Crippen molar-refractivity contribution in [3.05, 3.63) is 22.4 Å². The quantitative estimate of drug-likeness (QED) is 0.319. The molecule has 0 bridgehead atoms. The first-order chi connectivity index (χ1) is 8.22. The highest BCUT2D eigenvalue weighted by Crippen LogP contribution is 2.09. The standard InChI is InChI=1S/C12H21N3OS/c1-15(8-3-2-6-12(16)14-13)9-7-11-5-4-10-17-11/h4-5,10H,2-3,6-9,13H2,1H3,(H,14,16). The van der Waals surface area contributed by atoms with Crippen LogP contribution in [0.3, 0.4) is 0 Å². The average molecular weight is 255 g/mol. The summed E-state index contributed by atoms with van der Waals surface area (Å²) in [5, 5.41) is 2.11. The highest BCUT2D eigenvalue weighted by atomic mass is 32.1. The lowest BCUT2D eigenvalue weighted by molar-refractivity contribution is -0.121. The first-order valence-corrected chi connectivity index (χ1v) is 6.80. The molecule has 1 amide bonds. The number of hydrazine groups is 1. The number of nitrogens with two attached hydrogens (primary N) is 1. The molecule has 0 aromatic carbocycles. The normalized spacial score (nSPS) is 10.8. The van der Waals surface area contributed by atoms with Gasteiger partial charge < -0.3 is 4.90 Å². The molecule has 0 unspecified atom stereocenters. The van der Waals surface area contributed by atoms with Crippen molar-refractivity contribution in [1.29, 1.82) is 0 Å². The van der Waals surface area contributed by atoms with Crippen LogP contribution >= 0.6 is 11.3 Å². The molecule has 1 aromatic rings. The Morgan fingerprint density at radius 2 is 2.29 bits per heavy atom. The molecule has 1 rings (SSSR count). The van der Waals surface area contributed by atoms with Gasteiger partial charge in [0.2, 0.25) is 5.91 Å². The number of unbranched alkanes of at least 4 members (excludes halogenated alkanes) is 1. The Morgan fingerprint density at radius 1 is 1.47 bits per heavy atom. The van der Waals surface area contributed by atoms with Crippen molar-refractivity contribution in [2.45, 2.75) is 25.7 Å². The van der Waals surface area contributed by atoms with Crippen LogP contribution in [0.1, 0.15) is 24.1 Å². The molecule has 1 aromatic heterocycles. The molecule has 4 nitrogen and oxygen atoms in total. The van der Waals surface area contributed by atoms with Crippen LogP contribution < -0.4 is 11.3 Å². The van der Waals surface area contributed by atoms with Gasteiger partial charge in [-0.2, -0.15) is 0 Å². The average Bonchev–Trinajstić information content (AvgIpc) is 2.84. The minimum Gasteiger partial charge on any atom is -0.306 e. The number of hydrogen-bond acceptors (Lipinski definition) is 4. The molecule has 0 aliphatic rings. The fraction of sp³-hybridized carbons (Fsp3) is 0.583. The summed E-state index contributed by atoms with van der Waals surface area (Å²) in [5.74, 6) is 4.93. The minimum absolute atomic E-state index is 0.0776. The number of carbonyl (C=O) groups excluding carboxylic acids is 1. The van der Waals surface area contributed by atoms with E-state index in [1.807, 2.05) is 0 Å². The number of rotatable bonds is 8. The van der Waals surface area contributed by atoms with Crippen molar-refractivity contribution in [2.75, 3.05) is 20.1 Å². The van der Waals surface area contributed by atoms with E-state index in [9.17, 15) is 4.79 Å². The molecule has 0 radical (unpaired) electrons. The maximum Gasteiger partial charge on any atom is 0.233 e. The zero-order valence-corrected chi connectivity index (χ0v) is 11.1. The third-order valence-electron chi connectivity index (χ3n) is 2.67. The van der Waals surface area contributed by atoms with Gasteiger partial charge in [-0.15, -0.1) is 11.3 Å². The fourth-order valence-corrected chi connectivity index (χ4v) is 2.31. The molecule has 0 aliphatic heterocycles. The number of carbonyl (C=O) groups is 1. The molecule has 0 spiro atoms. The Balaban J connectivity index is 2.01. The summed E-state index contributed by atoms with van der Waals surface area (Å²) < 4.78 is 0. The molecule has 5 heteroatoms. The molecule has 0 atom stereocenters. The predicted octanol–water partition coefficient (Wildman–Crippen LogP) is 1.38. The van der Waals surface area contributed by atoms with Crippen molar-refractivity contribution in [3.8, 4) is 0 Å². The van der Waals surface area contributed by atoms with Crippen LogP contribution in [-0.2, 0) is 11.2 Å². The fourth-order valence-electron chi connectivity index (χ4n) is 1.61. The van der Waals surface area contributed by atoms with Crippen molar-refractivity contribution >= 4 is 17.2 Å². The van der Waals surface area contributed by atoms with Gasteiger partial charge in [-0.25, -0.2) is 5.84 Å². The maximum absolute atomic E-state index is 10.9. The van der Waals surface area contributed by atoms with E-state index >= 15 is 0 Å². The van der Waals surface area contributed by atoms with E-state index in [-0.39, 0.29) is 5.91 Å². The molecule has 0 saturated heterocycles. The monoisotopic (exact) mass is 255 g/mol. The summed E-state index contributed by atoms with van der Waals surface area (Å²) in [5.41, 5.74) is 2.15. The van der Waals surface area contributed by atoms with Crippen LogP contribution in [0.15, 0.2) is 17.5 Å². The number of hydrogen-bond donors (Lipinski definition) is 2. The third-order valence-corrected chi connectivity index (χ3v) is 3.61. The second-order valence-corrected chi connectivity index (χ2v) is 5.19. The van der Waals surface area contributed by atoms with E-state index in [1.54, 1.807) is 11.3 Å². The second kappa shape index (κ2) is 8.22. The Hall–Kier alpha value is -0.910. The van der Waals surface area contributed by atoms with E-state index in [1.165, 1.54) is 4.88 Å². The van der Waals surface area contributed by atoms with E-state index in [0.29, 0.717) is 6.42 Å². The number of likely N-dealkylation sites (N-methyl/N-ethyl adjacent to an activating group) is 1. The summed E-state index contributed by atoms with van der Waals surface area (Å²) >= 11 is 1.81. The number of amides is 1. The van der Waals surface area contributed by atoms with E-state index in [2.05, 4.69) is 34.9 Å². The van der Waals surface area contributed by atoms with Gasteiger partial charge >= 0.3 is 0 Å². The maximum atomic E-state index is 10.9. The lowest BCUT2D eigenvalue weighted by Crippen LogP contribution is -2.30. The second-order valence-electron chi connectivity index (χ2n) is 4.16. The Bertz CT molecular complexity index is 314. The predicted molar refractivity (Wildman–Crippen MR) is 71.7 cm³/mol.